The van der Waals surface area contributed by atoms with Crippen LogP contribution in [0.5, 0.6) is 11.5 Å². The van der Waals surface area contributed by atoms with Crippen LogP contribution >= 0.6 is 0 Å². The van der Waals surface area contributed by atoms with Crippen molar-refractivity contribution < 1.29 is 14.3 Å². The highest BCUT2D eigenvalue weighted by molar-refractivity contribution is 5.97. The molecule has 8 heteroatoms. The Labute approximate surface area is 160 Å². The maximum absolute atomic E-state index is 13.2. The number of nitriles is 1. The van der Waals surface area contributed by atoms with Gasteiger partial charge in [0.2, 0.25) is 0 Å². The molecule has 0 unspecified atom stereocenters. The number of carbonyl (C=O) groups excluding carboxylic acids is 1. The second-order valence-corrected chi connectivity index (χ2v) is 6.90. The summed E-state index contributed by atoms with van der Waals surface area (Å²) in [5, 5.41) is 13.6. The van der Waals surface area contributed by atoms with Gasteiger partial charge in [0.05, 0.1) is 37.7 Å². The average molecular weight is 375 g/mol. The number of hydrogen-bond donors (Lipinski definition) is 0. The molecular formula is C20H17N5O3. The van der Waals surface area contributed by atoms with Crippen LogP contribution in [0.1, 0.15) is 38.8 Å². The Morgan fingerprint density at radius 2 is 2.00 bits per heavy atom. The van der Waals surface area contributed by atoms with Crippen LogP contribution in [0.3, 0.4) is 0 Å². The monoisotopic (exact) mass is 375 g/mol. The second-order valence-electron chi connectivity index (χ2n) is 6.90. The van der Waals surface area contributed by atoms with E-state index in [0.29, 0.717) is 41.2 Å². The van der Waals surface area contributed by atoms with E-state index in [1.807, 2.05) is 17.0 Å². The van der Waals surface area contributed by atoms with Crippen molar-refractivity contribution >= 4 is 11.6 Å². The maximum Gasteiger partial charge on any atom is 0.257 e. The first kappa shape index (κ1) is 16.6. The smallest absolute Gasteiger partial charge is 0.257 e. The predicted octanol–water partition coefficient (Wildman–Crippen LogP) is 1.91. The SMILES string of the molecule is COc1cc2c(cc1OC)[C@@H]1Cc3c(cnc4c(C#N)cnn34)C(=O)N1CC2. The topological polar surface area (TPSA) is 92.7 Å². The number of nitrogens with zero attached hydrogens (tertiary/aromatic N) is 5. The van der Waals surface area contributed by atoms with Crippen LogP contribution in [-0.4, -0.2) is 46.2 Å². The molecule has 1 aromatic carbocycles. The minimum atomic E-state index is -0.121. The second kappa shape index (κ2) is 5.96. The zero-order chi connectivity index (χ0) is 19.4. The zero-order valence-corrected chi connectivity index (χ0v) is 15.5. The van der Waals surface area contributed by atoms with Gasteiger partial charge in [-0.3, -0.25) is 4.79 Å². The number of fused-ring (bicyclic) bond motifs is 6. The van der Waals surface area contributed by atoms with Crippen LogP contribution in [0, 0.1) is 11.3 Å². The van der Waals surface area contributed by atoms with Crippen molar-refractivity contribution in [1.29, 1.82) is 5.26 Å². The molecule has 28 heavy (non-hydrogen) atoms. The molecule has 1 atom stereocenters. The summed E-state index contributed by atoms with van der Waals surface area (Å²) in [6.45, 7) is 0.631. The molecule has 2 aromatic heterocycles. The first-order valence-electron chi connectivity index (χ1n) is 8.97. The molecule has 0 spiro atoms. The van der Waals surface area contributed by atoms with Gasteiger partial charge in [-0.2, -0.15) is 10.4 Å². The van der Waals surface area contributed by atoms with Crippen LogP contribution in [-0.2, 0) is 12.8 Å². The Morgan fingerprint density at radius 1 is 1.21 bits per heavy atom. The summed E-state index contributed by atoms with van der Waals surface area (Å²) in [4.78, 5) is 19.4. The Bertz CT molecular complexity index is 1180. The Hall–Kier alpha value is -3.60. The van der Waals surface area contributed by atoms with E-state index in [9.17, 15) is 10.1 Å². The van der Waals surface area contributed by atoms with Crippen molar-refractivity contribution in [1.82, 2.24) is 19.5 Å². The van der Waals surface area contributed by atoms with E-state index >= 15 is 0 Å². The molecule has 3 aromatic rings. The first-order valence-corrected chi connectivity index (χ1v) is 8.97. The minimum absolute atomic E-state index is 0.0601. The van der Waals surface area contributed by atoms with Crippen LogP contribution in [0.25, 0.3) is 5.65 Å². The van der Waals surface area contributed by atoms with E-state index in [1.54, 1.807) is 24.9 Å². The molecule has 1 amide bonds. The van der Waals surface area contributed by atoms with Gasteiger partial charge in [-0.15, -0.1) is 0 Å². The quantitative estimate of drug-likeness (QED) is 0.679. The summed E-state index contributed by atoms with van der Waals surface area (Å²) in [5.74, 6) is 1.27. The molecule has 5 rings (SSSR count). The highest BCUT2D eigenvalue weighted by Crippen LogP contribution is 2.42. The molecule has 0 N–H and O–H groups in total. The van der Waals surface area contributed by atoms with Gasteiger partial charge in [0.15, 0.2) is 17.1 Å². The van der Waals surface area contributed by atoms with Crippen LogP contribution in [0.15, 0.2) is 24.5 Å². The van der Waals surface area contributed by atoms with Crippen molar-refractivity contribution in [3.63, 3.8) is 0 Å². The fraction of sp³-hybridized carbons (Fsp3) is 0.300. The standard InChI is InChI=1S/C20H17N5O3/c1-27-17-5-11-3-4-24-15(13(11)6-18(17)28-2)7-16-14(20(24)26)10-22-19-12(8-21)9-23-25(16)19/h5-6,9-10,15H,3-4,7H2,1-2H3/t15-/m0/s1. The number of aromatic nitrogens is 3. The van der Waals surface area contributed by atoms with Crippen molar-refractivity contribution in [3.05, 3.63) is 52.5 Å². The van der Waals surface area contributed by atoms with E-state index in [0.717, 1.165) is 23.2 Å². The Kier molecular flexibility index (Phi) is 3.52. The van der Waals surface area contributed by atoms with Gasteiger partial charge < -0.3 is 14.4 Å². The summed E-state index contributed by atoms with van der Waals surface area (Å²) in [7, 11) is 3.22. The highest BCUT2D eigenvalue weighted by atomic mass is 16.5. The van der Waals surface area contributed by atoms with Gasteiger partial charge in [-0.1, -0.05) is 0 Å². The molecule has 0 fully saturated rings. The average Bonchev–Trinajstić information content (AvgIpc) is 3.16. The van der Waals surface area contributed by atoms with Crippen molar-refractivity contribution in [2.45, 2.75) is 18.9 Å². The summed E-state index contributed by atoms with van der Waals surface area (Å²) in [5.41, 5.74) is 4.40. The zero-order valence-electron chi connectivity index (χ0n) is 15.5. The number of amides is 1. The predicted molar refractivity (Wildman–Crippen MR) is 98.4 cm³/mol. The number of carbonyl (C=O) groups is 1. The van der Waals surface area contributed by atoms with Gasteiger partial charge in [0, 0.05) is 19.2 Å². The lowest BCUT2D eigenvalue weighted by Gasteiger charge is -2.41. The van der Waals surface area contributed by atoms with Gasteiger partial charge in [-0.05, 0) is 29.7 Å². The largest absolute Gasteiger partial charge is 0.493 e. The fourth-order valence-electron chi connectivity index (χ4n) is 4.26. The Balaban J connectivity index is 1.68. The number of hydrogen-bond acceptors (Lipinski definition) is 6. The molecule has 140 valence electrons. The normalized spacial score (nSPS) is 17.5. The summed E-state index contributed by atoms with van der Waals surface area (Å²) in [6, 6.07) is 5.93. The summed E-state index contributed by atoms with van der Waals surface area (Å²) >= 11 is 0. The lowest BCUT2D eigenvalue weighted by atomic mass is 9.85. The molecule has 2 aliphatic heterocycles. The van der Waals surface area contributed by atoms with E-state index in [1.165, 1.54) is 6.20 Å². The van der Waals surface area contributed by atoms with E-state index in [2.05, 4.69) is 16.2 Å². The Morgan fingerprint density at radius 3 is 2.75 bits per heavy atom. The van der Waals surface area contributed by atoms with Crippen LogP contribution in [0.4, 0.5) is 0 Å². The fourth-order valence-corrected chi connectivity index (χ4v) is 4.26. The van der Waals surface area contributed by atoms with Crippen molar-refractivity contribution in [2.24, 2.45) is 0 Å². The highest BCUT2D eigenvalue weighted by Gasteiger charge is 2.39. The number of benzene rings is 1. The van der Waals surface area contributed by atoms with E-state index in [-0.39, 0.29) is 11.9 Å². The third-order valence-corrected chi connectivity index (χ3v) is 5.63. The van der Waals surface area contributed by atoms with Gasteiger partial charge >= 0.3 is 0 Å². The molecule has 0 bridgehead atoms. The summed E-state index contributed by atoms with van der Waals surface area (Å²) < 4.78 is 12.5. The lowest BCUT2D eigenvalue weighted by molar-refractivity contribution is 0.0626. The maximum atomic E-state index is 13.2. The van der Waals surface area contributed by atoms with Crippen molar-refractivity contribution in [2.75, 3.05) is 20.8 Å². The molecule has 0 saturated carbocycles. The molecule has 2 aliphatic rings. The van der Waals surface area contributed by atoms with Crippen LogP contribution in [0.2, 0.25) is 0 Å². The third-order valence-electron chi connectivity index (χ3n) is 5.63. The molecule has 0 radical (unpaired) electrons. The molecule has 0 saturated heterocycles. The third kappa shape index (κ3) is 2.13. The minimum Gasteiger partial charge on any atom is -0.493 e. The molecule has 0 aliphatic carbocycles. The van der Waals surface area contributed by atoms with Gasteiger partial charge in [0.1, 0.15) is 11.6 Å². The van der Waals surface area contributed by atoms with Crippen LogP contribution < -0.4 is 9.47 Å². The number of rotatable bonds is 2. The molecule has 8 nitrogen and oxygen atoms in total. The molecule has 4 heterocycles. The summed E-state index contributed by atoms with van der Waals surface area (Å²) in [6.07, 6.45) is 4.40. The van der Waals surface area contributed by atoms with Crippen molar-refractivity contribution in [3.8, 4) is 17.6 Å². The molecular weight excluding hydrogens is 358 g/mol. The van der Waals surface area contributed by atoms with E-state index < -0.39 is 0 Å². The number of ether oxygens (including phenoxy) is 2. The first-order chi connectivity index (χ1) is 13.7. The lowest BCUT2D eigenvalue weighted by Crippen LogP contribution is -2.45. The van der Waals surface area contributed by atoms with E-state index in [4.69, 9.17) is 9.47 Å². The van der Waals surface area contributed by atoms with Gasteiger partial charge in [0.25, 0.3) is 5.91 Å². The van der Waals surface area contributed by atoms with Gasteiger partial charge in [-0.25, -0.2) is 9.50 Å². The number of methoxy groups -OCH3 is 2.